The highest BCUT2D eigenvalue weighted by Gasteiger charge is 2.19. The van der Waals surface area contributed by atoms with Gasteiger partial charge in [0.1, 0.15) is 10.3 Å². The second-order valence-corrected chi connectivity index (χ2v) is 5.99. The number of hydrogen-bond donors (Lipinski definition) is 2. The van der Waals surface area contributed by atoms with Crippen LogP contribution in [0.2, 0.25) is 0 Å². The average Bonchev–Trinajstić information content (AvgIpc) is 2.29. The van der Waals surface area contributed by atoms with Crippen LogP contribution in [0.5, 0.6) is 0 Å². The van der Waals surface area contributed by atoms with Crippen molar-refractivity contribution in [3.8, 4) is 0 Å². The van der Waals surface area contributed by atoms with Gasteiger partial charge in [-0.1, -0.05) is 19.1 Å². The summed E-state index contributed by atoms with van der Waals surface area (Å²) < 4.78 is 26.2. The van der Waals surface area contributed by atoms with Crippen LogP contribution in [-0.2, 0) is 14.8 Å². The Hall–Kier alpha value is -1.11. The maximum absolute atomic E-state index is 11.9. The van der Waals surface area contributed by atoms with Gasteiger partial charge in [-0.15, -0.1) is 11.6 Å². The Balaban J connectivity index is 3.11. The summed E-state index contributed by atoms with van der Waals surface area (Å²) in [4.78, 5) is 11.5. The Labute approximate surface area is 112 Å². The molecule has 0 radical (unpaired) electrons. The molecule has 1 unspecified atom stereocenters. The molecule has 0 aliphatic rings. The molecule has 0 fully saturated rings. The first-order chi connectivity index (χ1) is 8.38. The van der Waals surface area contributed by atoms with E-state index in [1.54, 1.807) is 19.1 Å². The zero-order valence-corrected chi connectivity index (χ0v) is 11.7. The number of carbonyl (C=O) groups is 1. The molecule has 1 aromatic carbocycles. The molecule has 0 aromatic heterocycles. The van der Waals surface area contributed by atoms with Crippen molar-refractivity contribution in [3.63, 3.8) is 0 Å². The molecular formula is C11H15ClN2O3S. The van der Waals surface area contributed by atoms with Crippen LogP contribution < -0.4 is 10.0 Å². The summed E-state index contributed by atoms with van der Waals surface area (Å²) in [6.07, 6.45) is 0. The molecule has 1 atom stereocenters. The molecule has 1 aromatic rings. The van der Waals surface area contributed by atoms with E-state index < -0.39 is 21.3 Å². The second kappa shape index (κ2) is 6.17. The first-order valence-electron chi connectivity index (χ1n) is 5.42. The van der Waals surface area contributed by atoms with Gasteiger partial charge < -0.3 is 5.32 Å². The monoisotopic (exact) mass is 290 g/mol. The van der Waals surface area contributed by atoms with Crippen LogP contribution in [0.25, 0.3) is 0 Å². The number of alkyl halides is 1. The number of halogens is 1. The zero-order chi connectivity index (χ0) is 13.8. The van der Waals surface area contributed by atoms with Gasteiger partial charge in [-0.3, -0.25) is 4.79 Å². The number of sulfonamides is 1. The molecule has 0 saturated heterocycles. The van der Waals surface area contributed by atoms with E-state index in [-0.39, 0.29) is 17.1 Å². The normalized spacial score (nSPS) is 13.1. The standard InChI is InChI=1S/C11H15ClN2O3S/c1-3-13-18(16,17)10-7-5-4-6-9(10)14-11(15)8(2)12/h4-8,13H,3H2,1-2H3,(H,14,15). The van der Waals surface area contributed by atoms with E-state index in [2.05, 4.69) is 10.0 Å². The van der Waals surface area contributed by atoms with Gasteiger partial charge in [0.2, 0.25) is 15.9 Å². The fourth-order valence-corrected chi connectivity index (χ4v) is 2.56. The van der Waals surface area contributed by atoms with Crippen LogP contribution >= 0.6 is 11.6 Å². The Morgan fingerprint density at radius 2 is 2.00 bits per heavy atom. The van der Waals surface area contributed by atoms with Gasteiger partial charge in [0.25, 0.3) is 0 Å². The van der Waals surface area contributed by atoms with Crippen molar-refractivity contribution in [2.24, 2.45) is 0 Å². The highest BCUT2D eigenvalue weighted by Crippen LogP contribution is 2.21. The number of rotatable bonds is 5. The lowest BCUT2D eigenvalue weighted by atomic mass is 10.3. The fraction of sp³-hybridized carbons (Fsp3) is 0.364. The molecule has 100 valence electrons. The zero-order valence-electron chi connectivity index (χ0n) is 10.1. The molecule has 0 aliphatic carbocycles. The number of amides is 1. The molecule has 0 bridgehead atoms. The number of para-hydroxylation sites is 1. The van der Waals surface area contributed by atoms with Crippen molar-refractivity contribution < 1.29 is 13.2 Å². The highest BCUT2D eigenvalue weighted by molar-refractivity contribution is 7.89. The van der Waals surface area contributed by atoms with Gasteiger partial charge >= 0.3 is 0 Å². The molecule has 0 heterocycles. The summed E-state index contributed by atoms with van der Waals surface area (Å²) in [5.74, 6) is -0.448. The van der Waals surface area contributed by atoms with Crippen molar-refractivity contribution >= 4 is 33.2 Å². The SMILES string of the molecule is CCNS(=O)(=O)c1ccccc1NC(=O)C(C)Cl. The number of benzene rings is 1. The van der Waals surface area contributed by atoms with E-state index in [0.29, 0.717) is 0 Å². The minimum absolute atomic E-state index is 0.0255. The summed E-state index contributed by atoms with van der Waals surface area (Å²) >= 11 is 5.63. The predicted octanol–water partition coefficient (Wildman–Crippen LogP) is 1.55. The third kappa shape index (κ3) is 3.69. The number of carbonyl (C=O) groups excluding carboxylic acids is 1. The van der Waals surface area contributed by atoms with Gasteiger partial charge in [-0.05, 0) is 19.1 Å². The third-order valence-electron chi connectivity index (χ3n) is 2.13. The fourth-order valence-electron chi connectivity index (χ4n) is 1.30. The summed E-state index contributed by atoms with van der Waals surface area (Å²) in [5.41, 5.74) is 0.218. The van der Waals surface area contributed by atoms with Crippen LogP contribution in [0.15, 0.2) is 29.2 Å². The predicted molar refractivity (Wildman–Crippen MR) is 71.2 cm³/mol. The maximum Gasteiger partial charge on any atom is 0.242 e. The minimum atomic E-state index is -3.62. The second-order valence-electron chi connectivity index (χ2n) is 3.60. The van der Waals surface area contributed by atoms with Gasteiger partial charge in [-0.25, -0.2) is 13.1 Å². The summed E-state index contributed by atoms with van der Waals surface area (Å²) in [6, 6.07) is 6.16. The van der Waals surface area contributed by atoms with E-state index >= 15 is 0 Å². The first-order valence-corrected chi connectivity index (χ1v) is 7.34. The van der Waals surface area contributed by atoms with Gasteiger partial charge in [0, 0.05) is 6.54 Å². The third-order valence-corrected chi connectivity index (χ3v) is 3.93. The lowest BCUT2D eigenvalue weighted by Gasteiger charge is -2.12. The molecule has 1 rings (SSSR count). The van der Waals surface area contributed by atoms with E-state index in [4.69, 9.17) is 11.6 Å². The van der Waals surface area contributed by atoms with E-state index in [1.807, 2.05) is 0 Å². The molecule has 0 saturated carbocycles. The summed E-state index contributed by atoms with van der Waals surface area (Å²) in [7, 11) is -3.62. The molecule has 5 nitrogen and oxygen atoms in total. The smallest absolute Gasteiger partial charge is 0.242 e. The average molecular weight is 291 g/mol. The molecule has 0 aliphatic heterocycles. The number of anilines is 1. The van der Waals surface area contributed by atoms with Gasteiger partial charge in [-0.2, -0.15) is 0 Å². The Morgan fingerprint density at radius 3 is 2.56 bits per heavy atom. The minimum Gasteiger partial charge on any atom is -0.324 e. The largest absolute Gasteiger partial charge is 0.324 e. The maximum atomic E-state index is 11.9. The summed E-state index contributed by atoms with van der Waals surface area (Å²) in [6.45, 7) is 3.47. The van der Waals surface area contributed by atoms with Crippen LogP contribution in [0.4, 0.5) is 5.69 Å². The van der Waals surface area contributed by atoms with Crippen molar-refractivity contribution in [2.45, 2.75) is 24.1 Å². The molecule has 0 spiro atoms. The van der Waals surface area contributed by atoms with Crippen LogP contribution in [-0.4, -0.2) is 26.2 Å². The van der Waals surface area contributed by atoms with Crippen molar-refractivity contribution in [3.05, 3.63) is 24.3 Å². The quantitative estimate of drug-likeness (QED) is 0.808. The lowest BCUT2D eigenvalue weighted by Crippen LogP contribution is -2.26. The van der Waals surface area contributed by atoms with Crippen LogP contribution in [0, 0.1) is 0 Å². The van der Waals surface area contributed by atoms with Crippen LogP contribution in [0.1, 0.15) is 13.8 Å². The molecule has 18 heavy (non-hydrogen) atoms. The summed E-state index contributed by atoms with van der Waals surface area (Å²) in [5, 5.41) is 1.75. The van der Waals surface area contributed by atoms with E-state index in [0.717, 1.165) is 0 Å². The van der Waals surface area contributed by atoms with Crippen molar-refractivity contribution in [1.29, 1.82) is 0 Å². The van der Waals surface area contributed by atoms with Gasteiger partial charge in [0.15, 0.2) is 0 Å². The Morgan fingerprint density at radius 1 is 1.39 bits per heavy atom. The highest BCUT2D eigenvalue weighted by atomic mass is 35.5. The molecule has 7 heteroatoms. The van der Waals surface area contributed by atoms with Crippen molar-refractivity contribution in [2.75, 3.05) is 11.9 Å². The van der Waals surface area contributed by atoms with E-state index in [9.17, 15) is 13.2 Å². The number of nitrogens with one attached hydrogen (secondary N) is 2. The molecule has 1 amide bonds. The lowest BCUT2D eigenvalue weighted by molar-refractivity contribution is -0.115. The first kappa shape index (κ1) is 14.9. The molecular weight excluding hydrogens is 276 g/mol. The van der Waals surface area contributed by atoms with Crippen molar-refractivity contribution in [1.82, 2.24) is 4.72 Å². The Bertz CT molecular complexity index is 529. The van der Waals surface area contributed by atoms with E-state index in [1.165, 1.54) is 19.1 Å². The number of hydrogen-bond acceptors (Lipinski definition) is 3. The molecule has 2 N–H and O–H groups in total. The van der Waals surface area contributed by atoms with Crippen LogP contribution in [0.3, 0.4) is 0 Å². The Kier molecular flexibility index (Phi) is 5.13. The van der Waals surface area contributed by atoms with Gasteiger partial charge in [0.05, 0.1) is 5.69 Å². The topological polar surface area (TPSA) is 75.3 Å².